The van der Waals surface area contributed by atoms with E-state index in [1.807, 2.05) is 31.2 Å². The van der Waals surface area contributed by atoms with Crippen molar-refractivity contribution in [3.05, 3.63) is 59.9 Å². The number of benzene rings is 1. The maximum Gasteiger partial charge on any atom is 0.253 e. The van der Waals surface area contributed by atoms with Crippen LogP contribution in [0.2, 0.25) is 0 Å². The van der Waals surface area contributed by atoms with Gasteiger partial charge in [-0.1, -0.05) is 0 Å². The number of hydrogen-bond donors (Lipinski definition) is 0. The van der Waals surface area contributed by atoms with E-state index in [1.165, 1.54) is 0 Å². The minimum atomic E-state index is -0.00939. The van der Waals surface area contributed by atoms with E-state index in [0.717, 1.165) is 11.3 Å². The number of amides is 1. The van der Waals surface area contributed by atoms with Crippen molar-refractivity contribution in [2.45, 2.75) is 13.5 Å². The van der Waals surface area contributed by atoms with Gasteiger partial charge in [0.1, 0.15) is 5.75 Å². The van der Waals surface area contributed by atoms with Gasteiger partial charge >= 0.3 is 0 Å². The molecule has 1 aromatic carbocycles. The van der Waals surface area contributed by atoms with Gasteiger partial charge in [0.2, 0.25) is 0 Å². The number of carbonyl (C=O) groups excluding carboxylic acids is 1. The molecular weight excluding hydrogens is 252 g/mol. The van der Waals surface area contributed by atoms with Crippen LogP contribution in [0.4, 0.5) is 0 Å². The zero-order valence-electron chi connectivity index (χ0n) is 11.7. The first kappa shape index (κ1) is 14.1. The molecule has 0 atom stereocenters. The van der Waals surface area contributed by atoms with Crippen LogP contribution in [0.5, 0.6) is 5.75 Å². The highest BCUT2D eigenvalue weighted by Gasteiger charge is 2.11. The average Bonchev–Trinajstić information content (AvgIpc) is 2.48. The number of aromatic nitrogens is 1. The van der Waals surface area contributed by atoms with E-state index in [-0.39, 0.29) is 5.91 Å². The fourth-order valence-corrected chi connectivity index (χ4v) is 1.91. The topological polar surface area (TPSA) is 42.4 Å². The third kappa shape index (κ3) is 3.57. The van der Waals surface area contributed by atoms with Crippen LogP contribution >= 0.6 is 0 Å². The van der Waals surface area contributed by atoms with E-state index in [4.69, 9.17) is 4.74 Å². The lowest BCUT2D eigenvalue weighted by molar-refractivity contribution is 0.0785. The summed E-state index contributed by atoms with van der Waals surface area (Å²) in [6, 6.07) is 11.0. The lowest BCUT2D eigenvalue weighted by Crippen LogP contribution is -2.26. The summed E-state index contributed by atoms with van der Waals surface area (Å²) in [5.41, 5.74) is 1.71. The molecule has 0 N–H and O–H groups in total. The Balaban J connectivity index is 2.03. The molecule has 104 valence electrons. The summed E-state index contributed by atoms with van der Waals surface area (Å²) in [4.78, 5) is 17.9. The molecular formula is C16H18N2O2. The second-order valence-electron chi connectivity index (χ2n) is 4.47. The van der Waals surface area contributed by atoms with E-state index in [9.17, 15) is 4.79 Å². The molecule has 0 aliphatic heterocycles. The van der Waals surface area contributed by atoms with Crippen LogP contribution < -0.4 is 4.74 Å². The number of nitrogens with zero attached hydrogens (tertiary/aromatic N) is 2. The molecule has 0 unspecified atom stereocenters. The van der Waals surface area contributed by atoms with Gasteiger partial charge in [-0.25, -0.2) is 0 Å². The molecule has 4 heteroatoms. The van der Waals surface area contributed by atoms with Crippen molar-refractivity contribution < 1.29 is 9.53 Å². The third-order valence-corrected chi connectivity index (χ3v) is 2.93. The molecule has 20 heavy (non-hydrogen) atoms. The molecule has 4 nitrogen and oxygen atoms in total. The fourth-order valence-electron chi connectivity index (χ4n) is 1.91. The van der Waals surface area contributed by atoms with Crippen molar-refractivity contribution in [2.24, 2.45) is 0 Å². The van der Waals surface area contributed by atoms with Crippen molar-refractivity contribution in [1.29, 1.82) is 0 Å². The van der Waals surface area contributed by atoms with Gasteiger partial charge < -0.3 is 9.64 Å². The number of carbonyl (C=O) groups is 1. The highest BCUT2D eigenvalue weighted by molar-refractivity contribution is 5.94. The van der Waals surface area contributed by atoms with Crippen molar-refractivity contribution in [2.75, 3.05) is 13.7 Å². The van der Waals surface area contributed by atoms with Crippen LogP contribution in [0, 0.1) is 0 Å². The molecule has 0 spiro atoms. The quantitative estimate of drug-likeness (QED) is 0.839. The fraction of sp³-hybridized carbons (Fsp3) is 0.250. The maximum atomic E-state index is 12.3. The standard InChI is InChI=1S/C16H18N2O2/c1-3-20-15-6-4-14(5-7-15)16(19)18(2)12-13-8-10-17-11-9-13/h4-11H,3,12H2,1-2H3. The Morgan fingerprint density at radius 2 is 1.80 bits per heavy atom. The summed E-state index contributed by atoms with van der Waals surface area (Å²) in [6.07, 6.45) is 3.45. The summed E-state index contributed by atoms with van der Waals surface area (Å²) >= 11 is 0. The smallest absolute Gasteiger partial charge is 0.253 e. The van der Waals surface area contributed by atoms with Gasteiger partial charge in [0.15, 0.2) is 0 Å². The largest absolute Gasteiger partial charge is 0.494 e. The summed E-state index contributed by atoms with van der Waals surface area (Å²) in [5.74, 6) is 0.769. The molecule has 0 fully saturated rings. The number of pyridine rings is 1. The third-order valence-electron chi connectivity index (χ3n) is 2.93. The lowest BCUT2D eigenvalue weighted by atomic mass is 10.2. The Kier molecular flexibility index (Phi) is 4.71. The second kappa shape index (κ2) is 6.70. The molecule has 1 aromatic heterocycles. The SMILES string of the molecule is CCOc1ccc(C(=O)N(C)Cc2ccncc2)cc1. The number of hydrogen-bond acceptors (Lipinski definition) is 3. The zero-order chi connectivity index (χ0) is 14.4. The van der Waals surface area contributed by atoms with E-state index >= 15 is 0 Å². The molecule has 0 aliphatic rings. The highest BCUT2D eigenvalue weighted by atomic mass is 16.5. The first-order chi connectivity index (χ1) is 9.70. The van der Waals surface area contributed by atoms with Crippen LogP contribution in [0.25, 0.3) is 0 Å². The molecule has 1 heterocycles. The minimum absolute atomic E-state index is 0.00939. The molecule has 0 radical (unpaired) electrons. The summed E-state index contributed by atoms with van der Waals surface area (Å²) in [6.45, 7) is 3.12. The van der Waals surface area contributed by atoms with Gasteiger partial charge in [0.25, 0.3) is 5.91 Å². The van der Waals surface area contributed by atoms with Crippen LogP contribution in [0.3, 0.4) is 0 Å². The van der Waals surface area contributed by atoms with Gasteiger partial charge in [0.05, 0.1) is 6.61 Å². The van der Waals surface area contributed by atoms with Gasteiger partial charge in [-0.2, -0.15) is 0 Å². The predicted molar refractivity (Wildman–Crippen MR) is 77.6 cm³/mol. The molecule has 0 saturated carbocycles. The molecule has 0 aliphatic carbocycles. The molecule has 0 bridgehead atoms. The molecule has 1 amide bonds. The van der Waals surface area contributed by atoms with E-state index in [1.54, 1.807) is 36.5 Å². The van der Waals surface area contributed by atoms with E-state index < -0.39 is 0 Å². The van der Waals surface area contributed by atoms with Crippen molar-refractivity contribution in [3.63, 3.8) is 0 Å². The van der Waals surface area contributed by atoms with Gasteiger partial charge in [-0.3, -0.25) is 9.78 Å². The Labute approximate surface area is 119 Å². The lowest BCUT2D eigenvalue weighted by Gasteiger charge is -2.17. The Morgan fingerprint density at radius 3 is 2.40 bits per heavy atom. The monoisotopic (exact) mass is 270 g/mol. The van der Waals surface area contributed by atoms with Crippen molar-refractivity contribution in [3.8, 4) is 5.75 Å². The molecule has 0 saturated heterocycles. The maximum absolute atomic E-state index is 12.3. The number of rotatable bonds is 5. The van der Waals surface area contributed by atoms with Crippen molar-refractivity contribution >= 4 is 5.91 Å². The summed E-state index contributed by atoms with van der Waals surface area (Å²) in [5, 5.41) is 0. The zero-order valence-corrected chi connectivity index (χ0v) is 11.7. The Bertz CT molecular complexity index is 552. The van der Waals surface area contributed by atoms with Crippen LogP contribution in [0.15, 0.2) is 48.8 Å². The summed E-state index contributed by atoms with van der Waals surface area (Å²) in [7, 11) is 1.79. The van der Waals surface area contributed by atoms with Crippen LogP contribution in [-0.2, 0) is 6.54 Å². The van der Waals surface area contributed by atoms with Crippen LogP contribution in [-0.4, -0.2) is 29.4 Å². The molecule has 2 aromatic rings. The predicted octanol–water partition coefficient (Wildman–Crippen LogP) is 2.75. The van der Waals surface area contributed by atoms with Gasteiger partial charge in [0, 0.05) is 31.5 Å². The Hall–Kier alpha value is -2.36. The molecule has 2 rings (SSSR count). The summed E-state index contributed by atoms with van der Waals surface area (Å²) < 4.78 is 5.36. The number of ether oxygens (including phenoxy) is 1. The average molecular weight is 270 g/mol. The Morgan fingerprint density at radius 1 is 1.15 bits per heavy atom. The normalized spacial score (nSPS) is 10.1. The van der Waals surface area contributed by atoms with E-state index in [0.29, 0.717) is 18.7 Å². The second-order valence-corrected chi connectivity index (χ2v) is 4.47. The van der Waals surface area contributed by atoms with Crippen LogP contribution in [0.1, 0.15) is 22.8 Å². The highest BCUT2D eigenvalue weighted by Crippen LogP contribution is 2.14. The van der Waals surface area contributed by atoms with E-state index in [2.05, 4.69) is 4.98 Å². The first-order valence-corrected chi connectivity index (χ1v) is 6.58. The van der Waals surface area contributed by atoms with Gasteiger partial charge in [-0.15, -0.1) is 0 Å². The van der Waals surface area contributed by atoms with Crippen molar-refractivity contribution in [1.82, 2.24) is 9.88 Å². The van der Waals surface area contributed by atoms with Gasteiger partial charge in [-0.05, 0) is 48.9 Å². The minimum Gasteiger partial charge on any atom is -0.494 e. The first-order valence-electron chi connectivity index (χ1n) is 6.58.